The maximum Gasteiger partial charge on any atom is 2.00 e. The summed E-state index contributed by atoms with van der Waals surface area (Å²) >= 11 is 9.53. The van der Waals surface area contributed by atoms with Crippen molar-refractivity contribution < 1.29 is 48.5 Å². The molecule has 2 aromatic carbocycles. The Labute approximate surface area is 223 Å². The van der Waals surface area contributed by atoms with Crippen LogP contribution in [0.4, 0.5) is 26.3 Å². The van der Waals surface area contributed by atoms with E-state index < -0.39 is 35.8 Å². The molecule has 2 aromatic rings. The van der Waals surface area contributed by atoms with Gasteiger partial charge in [-0.3, -0.25) is 0 Å². The van der Waals surface area contributed by atoms with E-state index >= 15 is 0 Å². The number of phenolic OH excluding ortho intramolecular Hbond substituents is 1. The molecule has 3 N–H and O–H groups in total. The first-order valence-electron chi connectivity index (χ1n) is 9.46. The number of phenols is 1. The molecule has 0 saturated carbocycles. The average Bonchev–Trinajstić information content (AvgIpc) is 2.79. The summed E-state index contributed by atoms with van der Waals surface area (Å²) in [6, 6.07) is 13.5. The zero-order valence-corrected chi connectivity index (χ0v) is 20.3. The molecule has 0 spiro atoms. The summed E-state index contributed by atoms with van der Waals surface area (Å²) in [6.07, 6.45) is -9.08. The Morgan fingerprint density at radius 1 is 0.667 bits per heavy atom. The first-order valence-corrected chi connectivity index (χ1v) is 10.3. The average molecular weight is 598 g/mol. The van der Waals surface area contributed by atoms with Crippen LogP contribution in [0.2, 0.25) is 0 Å². The molecule has 0 aliphatic rings. The molecule has 0 fully saturated rings. The van der Waals surface area contributed by atoms with Gasteiger partial charge in [-0.1, -0.05) is 30.3 Å². The largest absolute Gasteiger partial charge is 2.00 e. The van der Waals surface area contributed by atoms with Gasteiger partial charge in [0, 0.05) is 11.1 Å². The second-order valence-corrected chi connectivity index (χ2v) is 7.33. The van der Waals surface area contributed by atoms with Gasteiger partial charge in [-0.15, -0.1) is 10.2 Å². The zero-order chi connectivity index (χ0) is 26.1. The van der Waals surface area contributed by atoms with Crippen LogP contribution < -0.4 is 10.6 Å². The van der Waals surface area contributed by atoms with Crippen LogP contribution in [-0.4, -0.2) is 52.3 Å². The number of hydrogen-bond donors (Lipinski definition) is 3. The molecule has 0 saturated heterocycles. The molecule has 0 bridgehead atoms. The molecule has 197 valence electrons. The summed E-state index contributed by atoms with van der Waals surface area (Å²) in [4.78, 5) is 0. The fourth-order valence-electron chi connectivity index (χ4n) is 2.31. The second-order valence-electron chi connectivity index (χ2n) is 6.56. The Balaban J connectivity index is 0.00000648. The third-order valence-corrected chi connectivity index (χ3v) is 4.23. The van der Waals surface area contributed by atoms with Gasteiger partial charge in [0.25, 0.3) is 0 Å². The predicted molar refractivity (Wildman–Crippen MR) is 125 cm³/mol. The molecule has 1 radical (unpaired) electrons. The van der Waals surface area contributed by atoms with Crippen LogP contribution in [0.5, 0.6) is 5.75 Å². The molecule has 36 heavy (non-hydrogen) atoms. The van der Waals surface area contributed by atoms with Crippen molar-refractivity contribution in [3.8, 4) is 5.75 Å². The van der Waals surface area contributed by atoms with Crippen LogP contribution >= 0.6 is 0 Å². The van der Waals surface area contributed by atoms with Crippen LogP contribution in [0.3, 0.4) is 0 Å². The summed E-state index contributed by atoms with van der Waals surface area (Å²) in [5, 5.41) is 27.3. The van der Waals surface area contributed by atoms with Crippen molar-refractivity contribution in [2.24, 2.45) is 20.4 Å². The SMILES string of the molecule is Oc1ccc(C(=N\N=C(/[S-])NCC(F)(F)F)/C(=N/N=C(\[S-])NCC(F)(F)F)c2ccccc2)cc1.[Cu+2]. The van der Waals surface area contributed by atoms with E-state index in [0.29, 0.717) is 5.56 Å². The van der Waals surface area contributed by atoms with Gasteiger partial charge in [-0.25, -0.2) is 0 Å². The predicted octanol–water partition coefficient (Wildman–Crippen LogP) is 3.61. The smallest absolute Gasteiger partial charge is 0.741 e. The van der Waals surface area contributed by atoms with E-state index in [9.17, 15) is 31.4 Å². The minimum Gasteiger partial charge on any atom is -0.741 e. The van der Waals surface area contributed by atoms with Gasteiger partial charge in [0.1, 0.15) is 30.3 Å². The molecule has 0 atom stereocenters. The summed E-state index contributed by atoms with van der Waals surface area (Å²) in [6.45, 7) is -2.87. The van der Waals surface area contributed by atoms with E-state index in [1.165, 1.54) is 24.3 Å². The van der Waals surface area contributed by atoms with Gasteiger partial charge >= 0.3 is 29.4 Å². The molecule has 0 heterocycles. The van der Waals surface area contributed by atoms with Crippen molar-refractivity contribution in [2.45, 2.75) is 12.4 Å². The maximum atomic E-state index is 12.4. The second kappa shape index (κ2) is 14.0. The van der Waals surface area contributed by atoms with Crippen molar-refractivity contribution in [3.63, 3.8) is 0 Å². The molecule has 0 aliphatic heterocycles. The van der Waals surface area contributed by atoms with Gasteiger partial charge in [0.05, 0.1) is 0 Å². The topological polar surface area (TPSA) is 93.7 Å². The number of halogens is 6. The Morgan fingerprint density at radius 2 is 1.06 bits per heavy atom. The number of amidine groups is 2. The quantitative estimate of drug-likeness (QED) is 0.113. The molecular formula is C20H16CuF6N6OS2. The van der Waals surface area contributed by atoms with Gasteiger partial charge in [-0.05, 0) is 34.6 Å². The Morgan fingerprint density at radius 3 is 1.44 bits per heavy atom. The Hall–Kier alpha value is -2.94. The number of nitrogens with zero attached hydrogens (tertiary/aromatic N) is 4. The number of benzene rings is 2. The molecule has 16 heteroatoms. The van der Waals surface area contributed by atoms with Crippen molar-refractivity contribution in [1.82, 2.24) is 10.6 Å². The van der Waals surface area contributed by atoms with Crippen LogP contribution in [0.25, 0.3) is 0 Å². The maximum absolute atomic E-state index is 12.4. The minimum atomic E-state index is -4.54. The fraction of sp³-hybridized carbons (Fsp3) is 0.200. The number of aromatic hydroxyl groups is 1. The van der Waals surface area contributed by atoms with Crippen molar-refractivity contribution in [1.29, 1.82) is 0 Å². The third-order valence-electron chi connectivity index (χ3n) is 3.77. The molecule has 0 amide bonds. The normalized spacial score (nSPS) is 13.7. The van der Waals surface area contributed by atoms with Gasteiger partial charge in [0.2, 0.25) is 0 Å². The van der Waals surface area contributed by atoms with Gasteiger partial charge < -0.3 is 41.0 Å². The van der Waals surface area contributed by atoms with E-state index in [-0.39, 0.29) is 39.8 Å². The molecule has 2 rings (SSSR count). The summed E-state index contributed by atoms with van der Waals surface area (Å²) in [7, 11) is 0. The summed E-state index contributed by atoms with van der Waals surface area (Å²) in [5.74, 6) is -0.0900. The van der Waals surface area contributed by atoms with Crippen LogP contribution in [0, 0.1) is 0 Å². The summed E-state index contributed by atoms with van der Waals surface area (Å²) in [5.41, 5.74) is 0.577. The van der Waals surface area contributed by atoms with E-state index in [1.807, 2.05) is 10.6 Å². The third kappa shape index (κ3) is 11.7. The summed E-state index contributed by atoms with van der Waals surface area (Å²) < 4.78 is 74.6. The molecule has 0 aromatic heterocycles. The van der Waals surface area contributed by atoms with E-state index in [0.717, 1.165) is 0 Å². The Bertz CT molecular complexity index is 1110. The van der Waals surface area contributed by atoms with Crippen molar-refractivity contribution >= 4 is 47.0 Å². The number of alkyl halides is 6. The first kappa shape index (κ1) is 31.1. The van der Waals surface area contributed by atoms with Crippen LogP contribution in [-0.2, 0) is 42.3 Å². The van der Waals surface area contributed by atoms with Crippen LogP contribution in [0.1, 0.15) is 11.1 Å². The van der Waals surface area contributed by atoms with E-state index in [4.69, 9.17) is 25.3 Å². The van der Waals surface area contributed by atoms with Gasteiger partial charge in [0.15, 0.2) is 0 Å². The van der Waals surface area contributed by atoms with Crippen molar-refractivity contribution in [2.75, 3.05) is 13.1 Å². The number of nitrogens with one attached hydrogen (secondary N) is 2. The Kier molecular flexibility index (Phi) is 12.1. The zero-order valence-electron chi connectivity index (χ0n) is 17.7. The molecule has 7 nitrogen and oxygen atoms in total. The molecule has 0 aliphatic carbocycles. The van der Waals surface area contributed by atoms with E-state index in [2.05, 4.69) is 20.4 Å². The van der Waals surface area contributed by atoms with Gasteiger partial charge in [-0.2, -0.15) is 36.5 Å². The molecular weight excluding hydrogens is 582 g/mol. The molecule has 0 unspecified atom stereocenters. The standard InChI is InChI=1S/C20H18F6N6OS2.Cu/c21-19(22,23)10-27-17(34)31-29-15(12-4-2-1-3-5-12)16(13-6-8-14(33)9-7-13)30-32-18(35)28-11-20(24,25)26;/h1-9,33H,10-11H2,(H2,27,31,34)(H2,28,32,35);/q;+2/p-2/b29-15+,30-16+;. The monoisotopic (exact) mass is 597 g/mol. The number of hydrogen-bond acceptors (Lipinski definition) is 7. The first-order chi connectivity index (χ1) is 16.3. The van der Waals surface area contributed by atoms with E-state index in [1.54, 1.807) is 30.3 Å². The minimum absolute atomic E-state index is 0. The van der Waals surface area contributed by atoms with Crippen molar-refractivity contribution in [3.05, 3.63) is 65.7 Å². The number of rotatable bonds is 7. The van der Waals surface area contributed by atoms with Crippen LogP contribution in [0.15, 0.2) is 75.0 Å². The fourth-order valence-corrected chi connectivity index (χ4v) is 2.54.